The summed E-state index contributed by atoms with van der Waals surface area (Å²) in [4.78, 5) is 31.5. The van der Waals surface area contributed by atoms with E-state index in [1.54, 1.807) is 10.9 Å². The third-order valence-corrected chi connectivity index (χ3v) is 3.83. The average Bonchev–Trinajstić information content (AvgIpc) is 2.89. The first-order chi connectivity index (χ1) is 8.24. The second kappa shape index (κ2) is 4.04. The van der Waals surface area contributed by atoms with Gasteiger partial charge in [0.05, 0.1) is 18.2 Å². The number of hydrogen-bond donors (Lipinski definition) is 3. The van der Waals surface area contributed by atoms with Crippen LogP contribution >= 0.6 is 11.8 Å². The van der Waals surface area contributed by atoms with Crippen molar-refractivity contribution in [2.24, 2.45) is 0 Å². The molecule has 0 aliphatic carbocycles. The Morgan fingerprint density at radius 3 is 3.12 bits per heavy atom. The summed E-state index contributed by atoms with van der Waals surface area (Å²) in [5.74, 6) is 1.08. The first kappa shape index (κ1) is 10.6. The van der Waals surface area contributed by atoms with E-state index in [2.05, 4.69) is 20.3 Å². The van der Waals surface area contributed by atoms with E-state index in [4.69, 9.17) is 0 Å². The molecule has 1 unspecified atom stereocenters. The summed E-state index contributed by atoms with van der Waals surface area (Å²) < 4.78 is 1.79. The highest BCUT2D eigenvalue weighted by Crippen LogP contribution is 2.16. The highest BCUT2D eigenvalue weighted by atomic mass is 32.2. The number of fused-ring (bicyclic) bond motifs is 1. The average molecular weight is 253 g/mol. The van der Waals surface area contributed by atoms with E-state index in [9.17, 15) is 9.59 Å². The van der Waals surface area contributed by atoms with Gasteiger partial charge in [0.15, 0.2) is 5.52 Å². The molecule has 1 atom stereocenters. The first-order valence-corrected chi connectivity index (χ1v) is 6.31. The number of H-pyrrole nitrogens is 2. The van der Waals surface area contributed by atoms with Crippen molar-refractivity contribution < 1.29 is 0 Å². The van der Waals surface area contributed by atoms with Crippen LogP contribution < -0.4 is 16.6 Å². The summed E-state index contributed by atoms with van der Waals surface area (Å²) in [7, 11) is 0. The van der Waals surface area contributed by atoms with E-state index in [0.29, 0.717) is 17.6 Å². The Bertz CT molecular complexity index is 651. The molecule has 90 valence electrons. The van der Waals surface area contributed by atoms with E-state index in [-0.39, 0.29) is 5.52 Å². The Morgan fingerprint density at radius 1 is 1.47 bits per heavy atom. The number of hydrogen-bond acceptors (Lipinski definition) is 5. The van der Waals surface area contributed by atoms with E-state index in [1.165, 1.54) is 0 Å². The molecule has 0 aromatic carbocycles. The maximum absolute atomic E-state index is 11.5. The molecule has 3 N–H and O–H groups in total. The van der Waals surface area contributed by atoms with Gasteiger partial charge in [0, 0.05) is 12.3 Å². The normalized spacial score (nSPS) is 20.1. The van der Waals surface area contributed by atoms with Crippen molar-refractivity contribution in [3.05, 3.63) is 27.2 Å². The zero-order chi connectivity index (χ0) is 11.8. The topological polar surface area (TPSA) is 95.6 Å². The fourth-order valence-corrected chi connectivity index (χ4v) is 2.92. The van der Waals surface area contributed by atoms with Crippen molar-refractivity contribution in [3.63, 3.8) is 0 Å². The molecule has 2 aromatic rings. The van der Waals surface area contributed by atoms with Crippen molar-refractivity contribution in [2.45, 2.75) is 11.9 Å². The zero-order valence-corrected chi connectivity index (χ0v) is 9.71. The molecule has 7 nitrogen and oxygen atoms in total. The van der Waals surface area contributed by atoms with Gasteiger partial charge < -0.3 is 9.88 Å². The van der Waals surface area contributed by atoms with E-state index in [0.717, 1.165) is 12.3 Å². The zero-order valence-electron chi connectivity index (χ0n) is 8.90. The number of rotatable bonds is 2. The smallest absolute Gasteiger partial charge is 0.314 e. The molecule has 1 saturated heterocycles. The third kappa shape index (κ3) is 1.89. The van der Waals surface area contributed by atoms with Gasteiger partial charge in [-0.3, -0.25) is 14.8 Å². The number of nitrogens with one attached hydrogen (secondary N) is 3. The van der Waals surface area contributed by atoms with Crippen molar-refractivity contribution in [1.82, 2.24) is 24.8 Å². The molecule has 1 aliphatic rings. The summed E-state index contributed by atoms with van der Waals surface area (Å²) >= 11 is 1.82. The highest BCUT2D eigenvalue weighted by Gasteiger charge is 2.17. The largest absolute Gasteiger partial charge is 0.327 e. The number of aromatic nitrogens is 4. The SMILES string of the molecule is O=c1[nH]c(=O)c2ncn(CC3NCCS3)c2[nH]1. The van der Waals surface area contributed by atoms with E-state index < -0.39 is 11.2 Å². The Kier molecular flexibility index (Phi) is 2.52. The van der Waals surface area contributed by atoms with Crippen LogP contribution in [0.1, 0.15) is 0 Å². The molecule has 0 radical (unpaired) electrons. The summed E-state index contributed by atoms with van der Waals surface area (Å²) in [6.45, 7) is 1.67. The molecular weight excluding hydrogens is 242 g/mol. The number of imidazole rings is 1. The molecular formula is C9H11N5O2S. The van der Waals surface area contributed by atoms with Crippen LogP contribution in [-0.2, 0) is 6.54 Å². The lowest BCUT2D eigenvalue weighted by Gasteiger charge is -2.10. The Labute approximate surface area is 99.6 Å². The van der Waals surface area contributed by atoms with Gasteiger partial charge >= 0.3 is 5.69 Å². The molecule has 17 heavy (non-hydrogen) atoms. The molecule has 3 rings (SSSR count). The van der Waals surface area contributed by atoms with Crippen LogP contribution in [-0.4, -0.2) is 37.2 Å². The summed E-state index contributed by atoms with van der Waals surface area (Å²) in [5.41, 5.74) is -0.202. The number of thioether (sulfide) groups is 1. The minimum atomic E-state index is -0.503. The molecule has 0 spiro atoms. The van der Waals surface area contributed by atoms with Gasteiger partial charge in [-0.05, 0) is 0 Å². The van der Waals surface area contributed by atoms with Crippen LogP contribution in [0.5, 0.6) is 0 Å². The molecule has 2 aromatic heterocycles. The Balaban J connectivity index is 2.05. The van der Waals surface area contributed by atoms with Crippen molar-refractivity contribution in [3.8, 4) is 0 Å². The van der Waals surface area contributed by atoms with E-state index >= 15 is 0 Å². The highest BCUT2D eigenvalue weighted by molar-refractivity contribution is 8.00. The molecule has 3 heterocycles. The molecule has 0 bridgehead atoms. The van der Waals surface area contributed by atoms with Gasteiger partial charge in [-0.1, -0.05) is 0 Å². The fraction of sp³-hybridized carbons (Fsp3) is 0.444. The second-order valence-electron chi connectivity index (χ2n) is 3.82. The predicted molar refractivity (Wildman–Crippen MR) is 65.2 cm³/mol. The minimum absolute atomic E-state index is 0.271. The second-order valence-corrected chi connectivity index (χ2v) is 5.13. The van der Waals surface area contributed by atoms with Crippen LogP contribution in [0.2, 0.25) is 0 Å². The van der Waals surface area contributed by atoms with Crippen LogP contribution in [0.3, 0.4) is 0 Å². The lowest BCUT2D eigenvalue weighted by atomic mass is 10.5. The molecule has 0 saturated carbocycles. The predicted octanol–water partition coefficient (Wildman–Crippen LogP) is -0.925. The molecule has 8 heteroatoms. The lowest BCUT2D eigenvalue weighted by Crippen LogP contribution is -2.26. The summed E-state index contributed by atoms with van der Waals surface area (Å²) in [6, 6.07) is 0. The Hall–Kier alpha value is -1.54. The fourth-order valence-electron chi connectivity index (χ4n) is 1.89. The third-order valence-electron chi connectivity index (χ3n) is 2.67. The number of aromatic amines is 2. The van der Waals surface area contributed by atoms with Crippen LogP contribution in [0.4, 0.5) is 0 Å². The van der Waals surface area contributed by atoms with Crippen molar-refractivity contribution in [1.29, 1.82) is 0 Å². The first-order valence-electron chi connectivity index (χ1n) is 5.26. The molecule has 0 amide bonds. The van der Waals surface area contributed by atoms with Gasteiger partial charge in [-0.25, -0.2) is 9.78 Å². The summed E-state index contributed by atoms with van der Waals surface area (Å²) in [5, 5.41) is 3.63. The Morgan fingerprint density at radius 2 is 2.35 bits per heavy atom. The quantitative estimate of drug-likeness (QED) is 0.643. The van der Waals surface area contributed by atoms with Gasteiger partial charge in [0.25, 0.3) is 5.56 Å². The van der Waals surface area contributed by atoms with Crippen LogP contribution in [0.15, 0.2) is 15.9 Å². The monoisotopic (exact) mass is 253 g/mol. The summed E-state index contributed by atoms with van der Waals surface area (Å²) in [6.07, 6.45) is 1.58. The standard InChI is InChI=1S/C9H11N5O2S/c15-8-6-7(12-9(16)13-8)14(4-11-6)3-5-10-1-2-17-5/h4-5,10H,1-3H2,(H2,12,13,15,16). The van der Waals surface area contributed by atoms with Crippen LogP contribution in [0, 0.1) is 0 Å². The number of nitrogens with zero attached hydrogens (tertiary/aromatic N) is 2. The van der Waals surface area contributed by atoms with Gasteiger partial charge in [0.2, 0.25) is 0 Å². The van der Waals surface area contributed by atoms with Crippen LogP contribution in [0.25, 0.3) is 11.2 Å². The van der Waals surface area contributed by atoms with Gasteiger partial charge in [0.1, 0.15) is 5.65 Å². The lowest BCUT2D eigenvalue weighted by molar-refractivity contribution is 0.604. The van der Waals surface area contributed by atoms with E-state index in [1.807, 2.05) is 11.8 Å². The maximum atomic E-state index is 11.5. The van der Waals surface area contributed by atoms with Crippen molar-refractivity contribution >= 4 is 22.9 Å². The van der Waals surface area contributed by atoms with Crippen molar-refractivity contribution in [2.75, 3.05) is 12.3 Å². The van der Waals surface area contributed by atoms with Gasteiger partial charge in [-0.15, -0.1) is 11.8 Å². The van der Waals surface area contributed by atoms with Gasteiger partial charge in [-0.2, -0.15) is 0 Å². The minimum Gasteiger partial charge on any atom is -0.314 e. The molecule has 1 aliphatic heterocycles. The molecule has 1 fully saturated rings. The maximum Gasteiger partial charge on any atom is 0.327 e.